The predicted octanol–water partition coefficient (Wildman–Crippen LogP) is 21.8. The van der Waals surface area contributed by atoms with Gasteiger partial charge in [-0.15, -0.1) is 0 Å². The van der Waals surface area contributed by atoms with Gasteiger partial charge in [0.2, 0.25) is 6.43 Å². The molecule has 0 radical (unpaired) electrons. The van der Waals surface area contributed by atoms with Crippen LogP contribution in [0.1, 0.15) is 351 Å². The van der Waals surface area contributed by atoms with Crippen LogP contribution < -0.4 is 51.6 Å². The molecule has 0 amide bonds. The van der Waals surface area contributed by atoms with Crippen LogP contribution in [0.25, 0.3) is 0 Å². The van der Waals surface area contributed by atoms with Crippen LogP contribution in [0.3, 0.4) is 0 Å². The van der Waals surface area contributed by atoms with Crippen LogP contribution in [0.4, 0.5) is 8.78 Å². The molecule has 5 unspecified atom stereocenters. The molecule has 3 heterocycles. The largest absolute Gasteiger partial charge is 0.481 e. The first kappa shape index (κ1) is 138. The van der Waals surface area contributed by atoms with Gasteiger partial charge in [0, 0.05) is 94.6 Å². The van der Waals surface area contributed by atoms with Gasteiger partial charge in [0.25, 0.3) is 0 Å². The first-order valence-corrected chi connectivity index (χ1v) is 47.6. The quantitative estimate of drug-likeness (QED) is 0.0173. The number of likely N-dealkylation sites (tertiary alicyclic amines) is 1. The number of nitrogens with zero attached hydrogens (tertiary/aromatic N) is 4. The molecule has 0 aromatic heterocycles. The molecule has 121 heavy (non-hydrogen) atoms. The van der Waals surface area contributed by atoms with E-state index >= 15 is 0 Å². The minimum absolute atomic E-state index is 0.0242. The Balaban J connectivity index is -0.000000138. The number of benzene rings is 1. The van der Waals surface area contributed by atoms with Gasteiger partial charge in [0.15, 0.2) is 5.96 Å². The second-order valence-corrected chi connectivity index (χ2v) is 39.1. The molecule has 2 saturated heterocycles. The van der Waals surface area contributed by atoms with Crippen LogP contribution in [0.5, 0.6) is 0 Å². The highest BCUT2D eigenvalue weighted by Gasteiger charge is 2.16. The molecule has 0 aliphatic carbocycles. The zero-order valence-corrected chi connectivity index (χ0v) is 86.4. The van der Waals surface area contributed by atoms with E-state index in [1.807, 2.05) is 47.6 Å². The van der Waals surface area contributed by atoms with Crippen molar-refractivity contribution < 1.29 is 38.4 Å². The maximum absolute atomic E-state index is 11.2. The highest BCUT2D eigenvalue weighted by atomic mass is 19.3. The van der Waals surface area contributed by atoms with Crippen molar-refractivity contribution in [1.82, 2.24) is 14.7 Å². The molecule has 3 aliphatic rings. The zero-order chi connectivity index (χ0) is 96.6. The number of allylic oxidation sites excluding steroid dienone is 2. The van der Waals surface area contributed by atoms with E-state index in [4.69, 9.17) is 71.7 Å². The summed E-state index contributed by atoms with van der Waals surface area (Å²) in [7, 11) is 2.07. The summed E-state index contributed by atoms with van der Waals surface area (Å²) >= 11 is 0. The lowest BCUT2D eigenvalue weighted by molar-refractivity contribution is -0.138. The van der Waals surface area contributed by atoms with Crippen LogP contribution in [0, 0.1) is 94.7 Å². The summed E-state index contributed by atoms with van der Waals surface area (Å²) in [5, 5.41) is 25.2. The Morgan fingerprint density at radius 3 is 1.14 bits per heavy atom. The van der Waals surface area contributed by atoms with Crippen LogP contribution in [0.15, 0.2) is 59.4 Å². The number of nitrogens with two attached hydrogens (primary N) is 9. The summed E-state index contributed by atoms with van der Waals surface area (Å²) in [4.78, 5) is 31.1. The van der Waals surface area contributed by atoms with Crippen molar-refractivity contribution in [3.8, 4) is 0 Å². The number of hydrogen-bond donors (Lipinski definition) is 12. The summed E-state index contributed by atoms with van der Waals surface area (Å²) in [5.41, 5.74) is 52.9. The summed E-state index contributed by atoms with van der Waals surface area (Å²) in [6.07, 6.45) is 22.3. The van der Waals surface area contributed by atoms with Crippen molar-refractivity contribution in [3.63, 3.8) is 0 Å². The molecule has 19 nitrogen and oxygen atoms in total. The first-order chi connectivity index (χ1) is 55.8. The number of aliphatic imine (C=N–C) groups is 1. The second kappa shape index (κ2) is 92.3. The molecule has 1 aromatic rings. The first-order valence-electron chi connectivity index (χ1n) is 47.6. The Morgan fingerprint density at radius 2 is 0.876 bits per heavy atom. The lowest BCUT2D eigenvalue weighted by atomic mass is 9.95. The van der Waals surface area contributed by atoms with Gasteiger partial charge in [-0.05, 0) is 190 Å². The summed E-state index contributed by atoms with van der Waals surface area (Å²) in [5.74, 6) is 7.88. The number of morpholine rings is 1. The number of unbranched alkanes of at least 4 members (excludes halogenated alkanes) is 2. The van der Waals surface area contributed by atoms with E-state index in [9.17, 15) is 18.4 Å². The average molecular weight is 1730 g/mol. The van der Waals surface area contributed by atoms with Gasteiger partial charge in [-0.1, -0.05) is 310 Å². The van der Waals surface area contributed by atoms with Crippen molar-refractivity contribution in [1.29, 1.82) is 0 Å². The second-order valence-electron chi connectivity index (χ2n) is 39.1. The normalized spacial score (nSPS) is 14.7. The number of aliphatic hydroxyl groups is 1. The Morgan fingerprint density at radius 1 is 0.479 bits per heavy atom. The summed E-state index contributed by atoms with van der Waals surface area (Å²) in [6.45, 7) is 84.8. The maximum atomic E-state index is 11.2. The highest BCUT2D eigenvalue weighted by molar-refractivity contribution is 5.75. The summed E-state index contributed by atoms with van der Waals surface area (Å²) in [6, 6.07) is 11.5. The van der Waals surface area contributed by atoms with Crippen LogP contribution in [-0.4, -0.2) is 169 Å². The molecule has 1 aromatic carbocycles. The molecule has 21 heteroatoms. The van der Waals surface area contributed by atoms with Gasteiger partial charge in [0.1, 0.15) is 0 Å². The van der Waals surface area contributed by atoms with Gasteiger partial charge < -0.3 is 81.5 Å². The van der Waals surface area contributed by atoms with Gasteiger partial charge in [-0.3, -0.25) is 19.5 Å². The minimum atomic E-state index is -2.15. The molecule has 0 bridgehead atoms. The molecular weight excluding hydrogens is 1520 g/mol. The molecule has 3 aliphatic heterocycles. The van der Waals surface area contributed by atoms with Crippen molar-refractivity contribution in [2.45, 2.75) is 400 Å². The third kappa shape index (κ3) is 118. The molecule has 0 saturated carbocycles. The smallest absolute Gasteiger partial charge is 0.304 e. The molecule has 6 atom stereocenters. The molecular formula is C100H215F2N13O6. The fourth-order valence-electron chi connectivity index (χ4n) is 9.35. The average Bonchev–Trinajstić information content (AvgIpc) is 0.909. The van der Waals surface area contributed by atoms with E-state index in [1.165, 1.54) is 103 Å². The SMILES string of the molecule is CC(C)C(C)C.CC(C)C(F)F.CC(C)C(N)C(C)C.CC(C)C(N)CC(=O)O.CC(C)C(N)CCC(=O)O.CC(C)C(N)CCCCN.CC(C)C(N)CCCN=C(N)N.CC(C)C(N)Cc1ccccc1.CC(C)C1=CN(C)C=CC1.CC(C)CN1CCCCC1.CC(C)CN1CCOCC1.CC(C)[C@H](C)O.CCC(C)C.CCCCC(C)C. The van der Waals surface area contributed by atoms with E-state index < -0.39 is 24.3 Å². The van der Waals surface area contributed by atoms with Crippen molar-refractivity contribution in [2.24, 2.45) is 151 Å². The van der Waals surface area contributed by atoms with E-state index in [-0.39, 0.29) is 55.0 Å². The van der Waals surface area contributed by atoms with Crippen LogP contribution in [-0.2, 0) is 20.7 Å². The molecule has 730 valence electrons. The van der Waals surface area contributed by atoms with Gasteiger partial charge >= 0.3 is 11.9 Å². The van der Waals surface area contributed by atoms with E-state index in [1.54, 1.807) is 6.92 Å². The molecule has 0 spiro atoms. The van der Waals surface area contributed by atoms with Crippen LogP contribution >= 0.6 is 0 Å². The Labute approximate surface area is 751 Å². The number of piperidine rings is 1. The van der Waals surface area contributed by atoms with Crippen molar-refractivity contribution in [3.05, 3.63) is 59.9 Å². The fraction of sp³-hybridized carbons (Fsp3) is 0.870. The lowest BCUT2D eigenvalue weighted by Crippen LogP contribution is -2.38. The Hall–Kier alpha value is -3.87. The topological polar surface area (TPSA) is 360 Å². The number of carboxylic acid groups (broad SMARTS) is 2. The maximum Gasteiger partial charge on any atom is 0.304 e. The Kier molecular flexibility index (Phi) is 105. The standard InChI is InChI=1S/C11H17N.C9H15N.C9H19N.C8H20N4.C8H20N2.C8H17NO.C7H15NO2.C7H17N.C7H16.C6H13NO2.C6H14.C5H12O.C5H12.C4H8F2/c1-9(2)11(12)8-10-6-4-3-5-7-10;1-8(2)9-5-4-6-10(3)7-9;1-9(2)8-10-6-4-3-5-7-10;1-6(2)7(9)4-3-5-12-8(10)11;1-7(2)8(10)5-3-4-6-9;1-8(2)7-9-3-5-10-6-4-9;1-5(2)6(8)3-4-7(9)10;1-5(2)7(8)6(3)4;1-4-5-6-7(2)3;1-4(2)5(7)3-6(8)9;1-5(2)6(3)4;1-4(2)5(3)6;1-4-5(2)3;1-3(2)4(5)6/h3-7,9,11H,8,12H2,1-2H3;4,6-8H,5H2,1-3H3;9H,3-8H2,1-2H3;6-7H,3-5,9H2,1-2H3,(H4,10,11,12);7-8H,3-6,9-10H2,1-2H3;8H,3-7H2,1-2H3;5-6H,3-4,8H2,1-2H3,(H,9,10);5-7H,8H2,1-4H3;7H,4-6H2,1-3H3;4-5H,3,7H2,1-2H3,(H,8,9);5-6H,1-4H3;4-6H,1-3H3;5H,4H2,1-3H3;3-4H,1-2H3/t;;;;;;;;;;;5-;;/m...........0../s1. The van der Waals surface area contributed by atoms with E-state index in [2.05, 4.69) is 249 Å². The van der Waals surface area contributed by atoms with Gasteiger partial charge in [-0.25, -0.2) is 8.78 Å². The third-order valence-corrected chi connectivity index (χ3v) is 20.6. The predicted molar refractivity (Wildman–Crippen MR) is 532 cm³/mol. The third-order valence-electron chi connectivity index (χ3n) is 20.6. The fourth-order valence-corrected chi connectivity index (χ4v) is 9.35. The van der Waals surface area contributed by atoms with E-state index in [0.29, 0.717) is 72.4 Å². The number of aliphatic hydroxyl groups excluding tert-OH is 1. The van der Waals surface area contributed by atoms with Gasteiger partial charge in [-0.2, -0.15) is 0 Å². The monoisotopic (exact) mass is 1730 g/mol. The number of halogens is 2. The number of hydrogen-bond acceptors (Lipinski definition) is 15. The van der Waals surface area contributed by atoms with Crippen molar-refractivity contribution >= 4 is 17.9 Å². The Bertz CT molecular complexity index is 2280. The number of aliphatic carboxylic acids is 2. The summed E-state index contributed by atoms with van der Waals surface area (Å²) < 4.78 is 27.6. The number of guanidine groups is 1. The zero-order valence-electron chi connectivity index (χ0n) is 86.4. The minimum Gasteiger partial charge on any atom is -0.481 e. The number of carbonyl (C=O) groups is 2. The number of ether oxygens (including phenoxy) is 1. The number of alkyl halides is 2. The molecule has 4 rings (SSSR count). The lowest BCUT2D eigenvalue weighted by Gasteiger charge is -2.27. The van der Waals surface area contributed by atoms with Crippen LogP contribution in [0.2, 0.25) is 0 Å². The van der Waals surface area contributed by atoms with Crippen molar-refractivity contribution in [2.75, 3.05) is 72.6 Å². The highest BCUT2D eigenvalue weighted by Crippen LogP contribution is 2.19. The van der Waals surface area contributed by atoms with E-state index in [0.717, 1.165) is 107 Å². The number of rotatable bonds is 34. The van der Waals surface area contributed by atoms with Gasteiger partial charge in [0.05, 0.1) is 25.7 Å². The number of carboxylic acids is 2. The molecule has 21 N–H and O–H groups in total. The molecule has 2 fully saturated rings.